The molecule has 5 nitrogen and oxygen atoms in total. The van der Waals surface area contributed by atoms with Crippen LogP contribution in [0.3, 0.4) is 0 Å². The highest BCUT2D eigenvalue weighted by molar-refractivity contribution is 5.94. The molecule has 70 valence electrons. The summed E-state index contributed by atoms with van der Waals surface area (Å²) in [6.45, 7) is 5.39. The summed E-state index contributed by atoms with van der Waals surface area (Å²) >= 11 is 0. The maximum atomic E-state index is 11.3. The molecular weight excluding hydrogens is 168 g/mol. The Morgan fingerprint density at radius 1 is 1.62 bits per heavy atom. The minimum absolute atomic E-state index is 0.292. The number of hydrogen-bond donors (Lipinski definition) is 2. The van der Waals surface area contributed by atoms with Gasteiger partial charge in [-0.15, -0.1) is 0 Å². The van der Waals surface area contributed by atoms with Crippen LogP contribution in [0.1, 0.15) is 30.0 Å². The van der Waals surface area contributed by atoms with E-state index < -0.39 is 0 Å². The molecule has 1 aromatic rings. The molecule has 1 amide bonds. The van der Waals surface area contributed by atoms with E-state index in [1.807, 2.05) is 0 Å². The number of aryl methyl sites for hydroxylation is 1. The molecule has 0 aromatic carbocycles. The van der Waals surface area contributed by atoms with Crippen LogP contribution in [0, 0.1) is 6.92 Å². The summed E-state index contributed by atoms with van der Waals surface area (Å²) < 4.78 is 0. The largest absolute Gasteiger partial charge is 0.348 e. The second-order valence-corrected chi connectivity index (χ2v) is 2.88. The zero-order valence-electron chi connectivity index (χ0n) is 7.88. The number of H-pyrrole nitrogens is 1. The minimum atomic E-state index is -0.292. The van der Waals surface area contributed by atoms with Gasteiger partial charge in [-0.3, -0.25) is 4.79 Å². The van der Waals surface area contributed by atoms with Crippen LogP contribution in [-0.4, -0.2) is 21.6 Å². The number of aromatic nitrogens is 2. The van der Waals surface area contributed by atoms with Crippen LogP contribution in [0.4, 0.5) is 0 Å². The number of amides is 1. The summed E-state index contributed by atoms with van der Waals surface area (Å²) in [5.74, 6) is -0.292. The molecule has 0 aliphatic carbocycles. The fraction of sp³-hybridized carbons (Fsp3) is 0.375. The second kappa shape index (κ2) is 3.84. The van der Waals surface area contributed by atoms with Crippen LogP contribution < -0.4 is 5.43 Å². The highest BCUT2D eigenvalue weighted by Crippen LogP contribution is 1.99. The monoisotopic (exact) mass is 180 g/mol. The first-order valence-electron chi connectivity index (χ1n) is 3.92. The van der Waals surface area contributed by atoms with Crippen molar-refractivity contribution in [3.05, 3.63) is 17.7 Å². The van der Waals surface area contributed by atoms with Gasteiger partial charge < -0.3 is 4.98 Å². The van der Waals surface area contributed by atoms with E-state index in [1.54, 1.807) is 20.8 Å². The lowest BCUT2D eigenvalue weighted by molar-refractivity contribution is 0.0949. The average molecular weight is 180 g/mol. The van der Waals surface area contributed by atoms with Crippen molar-refractivity contribution in [1.82, 2.24) is 15.4 Å². The molecule has 5 heteroatoms. The fourth-order valence-electron chi connectivity index (χ4n) is 0.803. The highest BCUT2D eigenvalue weighted by Gasteiger charge is 2.09. The van der Waals surface area contributed by atoms with Crippen LogP contribution in [0.15, 0.2) is 11.4 Å². The Balaban J connectivity index is 2.70. The second-order valence-electron chi connectivity index (χ2n) is 2.88. The first-order chi connectivity index (χ1) is 6.11. The van der Waals surface area contributed by atoms with Crippen molar-refractivity contribution in [2.45, 2.75) is 20.8 Å². The molecule has 0 unspecified atom stereocenters. The van der Waals surface area contributed by atoms with E-state index >= 15 is 0 Å². The van der Waals surface area contributed by atoms with E-state index in [2.05, 4.69) is 20.5 Å². The molecule has 1 heterocycles. The minimum Gasteiger partial charge on any atom is -0.348 e. The van der Waals surface area contributed by atoms with Crippen LogP contribution in [0.25, 0.3) is 0 Å². The maximum absolute atomic E-state index is 11.3. The molecular formula is C8H12N4O. The molecule has 0 spiro atoms. The molecule has 0 atom stereocenters. The van der Waals surface area contributed by atoms with Gasteiger partial charge in [-0.1, -0.05) is 0 Å². The Kier molecular flexibility index (Phi) is 2.79. The predicted octanol–water partition coefficient (Wildman–Crippen LogP) is 0.844. The molecule has 0 fully saturated rings. The summed E-state index contributed by atoms with van der Waals surface area (Å²) in [6.07, 6.45) is 1.48. The average Bonchev–Trinajstić information content (AvgIpc) is 2.47. The quantitative estimate of drug-likeness (QED) is 0.523. The Hall–Kier alpha value is -1.65. The van der Waals surface area contributed by atoms with Crippen LogP contribution in [-0.2, 0) is 0 Å². The Morgan fingerprint density at radius 2 is 2.31 bits per heavy atom. The van der Waals surface area contributed by atoms with Gasteiger partial charge in [-0.25, -0.2) is 10.4 Å². The van der Waals surface area contributed by atoms with Crippen molar-refractivity contribution < 1.29 is 4.79 Å². The van der Waals surface area contributed by atoms with Crippen molar-refractivity contribution in [2.24, 2.45) is 5.10 Å². The van der Waals surface area contributed by atoms with E-state index in [9.17, 15) is 4.79 Å². The van der Waals surface area contributed by atoms with Crippen molar-refractivity contribution in [2.75, 3.05) is 0 Å². The third kappa shape index (κ3) is 2.40. The lowest BCUT2D eigenvalue weighted by Crippen LogP contribution is -2.19. The number of aromatic amines is 1. The zero-order valence-corrected chi connectivity index (χ0v) is 7.88. The van der Waals surface area contributed by atoms with Crippen LogP contribution in [0.2, 0.25) is 0 Å². The molecule has 13 heavy (non-hydrogen) atoms. The van der Waals surface area contributed by atoms with Crippen molar-refractivity contribution in [1.29, 1.82) is 0 Å². The molecule has 0 bridgehead atoms. The lowest BCUT2D eigenvalue weighted by Gasteiger charge is -1.97. The van der Waals surface area contributed by atoms with E-state index in [-0.39, 0.29) is 5.91 Å². The summed E-state index contributed by atoms with van der Waals surface area (Å²) in [5, 5.41) is 3.78. The molecule has 1 rings (SSSR count). The third-order valence-corrected chi connectivity index (χ3v) is 1.43. The molecule has 1 aromatic heterocycles. The maximum Gasteiger partial charge on any atom is 0.291 e. The van der Waals surface area contributed by atoms with Gasteiger partial charge in [-0.05, 0) is 20.8 Å². The number of nitrogens with zero attached hydrogens (tertiary/aromatic N) is 2. The van der Waals surface area contributed by atoms with Gasteiger partial charge in [0.05, 0.1) is 6.33 Å². The fourth-order valence-corrected chi connectivity index (χ4v) is 0.803. The van der Waals surface area contributed by atoms with Crippen molar-refractivity contribution in [3.63, 3.8) is 0 Å². The lowest BCUT2D eigenvalue weighted by atomic mass is 10.3. The Labute approximate surface area is 76.3 Å². The Morgan fingerprint density at radius 3 is 2.77 bits per heavy atom. The number of carbonyl (C=O) groups excluding carboxylic acids is 1. The third-order valence-electron chi connectivity index (χ3n) is 1.43. The SMILES string of the molecule is CC(C)=NNC(=O)c1nc[nH]c1C. The molecule has 2 N–H and O–H groups in total. The summed E-state index contributed by atoms with van der Waals surface area (Å²) in [6, 6.07) is 0. The van der Waals surface area contributed by atoms with E-state index in [4.69, 9.17) is 0 Å². The van der Waals surface area contributed by atoms with Gasteiger partial charge >= 0.3 is 0 Å². The number of hydrogen-bond acceptors (Lipinski definition) is 3. The van der Waals surface area contributed by atoms with Gasteiger partial charge in [0.1, 0.15) is 0 Å². The van der Waals surface area contributed by atoms with Gasteiger partial charge in [0, 0.05) is 11.4 Å². The number of rotatable bonds is 2. The first kappa shape index (κ1) is 9.44. The topological polar surface area (TPSA) is 70.1 Å². The molecule has 0 aliphatic heterocycles. The zero-order chi connectivity index (χ0) is 9.84. The number of carbonyl (C=O) groups is 1. The Bertz CT molecular complexity index is 336. The summed E-state index contributed by atoms with van der Waals surface area (Å²) in [4.78, 5) is 18.0. The van der Waals surface area contributed by atoms with Crippen LogP contribution in [0.5, 0.6) is 0 Å². The number of imidazole rings is 1. The van der Waals surface area contributed by atoms with E-state index in [0.29, 0.717) is 5.69 Å². The van der Waals surface area contributed by atoms with Gasteiger partial charge in [-0.2, -0.15) is 5.10 Å². The van der Waals surface area contributed by atoms with Crippen molar-refractivity contribution in [3.8, 4) is 0 Å². The number of hydrazone groups is 1. The normalized spacial score (nSPS) is 9.46. The molecule has 0 saturated carbocycles. The van der Waals surface area contributed by atoms with E-state index in [0.717, 1.165) is 11.4 Å². The molecule has 0 saturated heterocycles. The summed E-state index contributed by atoms with van der Waals surface area (Å²) in [5.41, 5.74) is 4.30. The summed E-state index contributed by atoms with van der Waals surface area (Å²) in [7, 11) is 0. The van der Waals surface area contributed by atoms with Crippen LogP contribution >= 0.6 is 0 Å². The smallest absolute Gasteiger partial charge is 0.291 e. The first-order valence-corrected chi connectivity index (χ1v) is 3.92. The van der Waals surface area contributed by atoms with Gasteiger partial charge in [0.15, 0.2) is 5.69 Å². The predicted molar refractivity (Wildman–Crippen MR) is 49.6 cm³/mol. The van der Waals surface area contributed by atoms with Crippen molar-refractivity contribution >= 4 is 11.6 Å². The van der Waals surface area contributed by atoms with E-state index in [1.165, 1.54) is 6.33 Å². The standard InChI is InChI=1S/C8H12N4O/c1-5(2)11-12-8(13)7-6(3)9-4-10-7/h4H,1-3H3,(H,9,10)(H,12,13). The molecule has 0 radical (unpaired) electrons. The number of nitrogens with one attached hydrogen (secondary N) is 2. The highest BCUT2D eigenvalue weighted by atomic mass is 16.2. The van der Waals surface area contributed by atoms with Gasteiger partial charge in [0.2, 0.25) is 0 Å². The molecule has 0 aliphatic rings. The van der Waals surface area contributed by atoms with Gasteiger partial charge in [0.25, 0.3) is 5.91 Å².